The monoisotopic (exact) mass is 634 g/mol. The van der Waals surface area contributed by atoms with Crippen molar-refractivity contribution in [2.75, 3.05) is 0 Å². The molecule has 0 unspecified atom stereocenters. The van der Waals surface area contributed by atoms with E-state index in [1.807, 2.05) is 0 Å². The second-order valence-electron chi connectivity index (χ2n) is 16.2. The van der Waals surface area contributed by atoms with E-state index in [0.29, 0.717) is 38.0 Å². The Morgan fingerprint density at radius 1 is 0.844 bits per heavy atom. The second kappa shape index (κ2) is 12.0. The van der Waals surface area contributed by atoms with Crippen LogP contribution in [-0.4, -0.2) is 46.8 Å². The van der Waals surface area contributed by atoms with E-state index in [1.54, 1.807) is 0 Å². The molecule has 1 aliphatic heterocycles. The molecule has 6 rings (SSSR count). The maximum absolute atomic E-state index is 12.6. The van der Waals surface area contributed by atoms with Gasteiger partial charge < -0.3 is 14.6 Å². The van der Waals surface area contributed by atoms with E-state index in [9.17, 15) is 19.5 Å². The number of carbonyl (C=O) groups excluding carboxylic acids is 2. The van der Waals surface area contributed by atoms with Crippen LogP contribution in [0.15, 0.2) is 0 Å². The Labute approximate surface area is 267 Å². The number of ether oxygens (including phenoxy) is 2. The van der Waals surface area contributed by atoms with Crippen molar-refractivity contribution in [3.63, 3.8) is 0 Å². The van der Waals surface area contributed by atoms with Gasteiger partial charge in [0.25, 0.3) is 0 Å². The molecule has 6 aliphatic rings. The van der Waals surface area contributed by atoms with Gasteiger partial charge in [0.05, 0.1) is 0 Å². The highest BCUT2D eigenvalue weighted by Crippen LogP contribution is 2.70. The average Bonchev–Trinajstić information content (AvgIpc) is 3.34. The van der Waals surface area contributed by atoms with E-state index < -0.39 is 17.5 Å². The average molecular weight is 635 g/mol. The molecule has 0 aromatic rings. The van der Waals surface area contributed by atoms with Crippen LogP contribution in [0.5, 0.6) is 0 Å². The van der Waals surface area contributed by atoms with E-state index in [4.69, 9.17) is 29.0 Å². The standard InChI is InChI=1S/C35H54O10/c1-20-11-13-34(14-12-20)42-44-35(45-43-34)16-15-32(5)24(19-35)17-28(40-22(3)36)31-26-9-8-25(21(2)7-10-30(38)39)33(26,6)29(18-27(31)32)41-23(4)37/h20-21,24-29,31H,7-19H2,1-6H3,(H,38,39)/t20?,21-,24-,25-,26+,27+,28-,29+,31+,32+,33-,34?,35?/m1/s1. The summed E-state index contributed by atoms with van der Waals surface area (Å²) in [5.41, 5.74) is -0.466. The van der Waals surface area contributed by atoms with Crippen molar-refractivity contribution in [1.82, 2.24) is 0 Å². The zero-order chi connectivity index (χ0) is 32.4. The highest BCUT2D eigenvalue weighted by atomic mass is 17.4. The van der Waals surface area contributed by atoms with E-state index in [0.717, 1.165) is 44.9 Å². The van der Waals surface area contributed by atoms with Crippen LogP contribution in [0.25, 0.3) is 0 Å². The topological polar surface area (TPSA) is 127 Å². The normalized spacial score (nSPS) is 48.1. The van der Waals surface area contributed by atoms with Crippen LogP contribution in [-0.2, 0) is 43.4 Å². The van der Waals surface area contributed by atoms with Crippen LogP contribution in [0.3, 0.4) is 0 Å². The predicted molar refractivity (Wildman–Crippen MR) is 161 cm³/mol. The Morgan fingerprint density at radius 3 is 2.11 bits per heavy atom. The first-order chi connectivity index (χ1) is 21.2. The van der Waals surface area contributed by atoms with Gasteiger partial charge in [-0.25, -0.2) is 0 Å². The molecule has 5 saturated carbocycles. The number of rotatable bonds is 6. The van der Waals surface area contributed by atoms with Gasteiger partial charge in [0, 0.05) is 57.3 Å². The fraction of sp³-hybridized carbons (Fsp3) is 0.914. The van der Waals surface area contributed by atoms with Crippen molar-refractivity contribution in [2.24, 2.45) is 52.3 Å². The smallest absolute Gasteiger partial charge is 0.303 e. The molecular formula is C35H54O10. The van der Waals surface area contributed by atoms with Gasteiger partial charge in [-0.3, -0.25) is 14.4 Å². The lowest BCUT2D eigenvalue weighted by atomic mass is 9.42. The third kappa shape index (κ3) is 5.84. The van der Waals surface area contributed by atoms with Gasteiger partial charge >= 0.3 is 17.9 Å². The fourth-order valence-electron chi connectivity index (χ4n) is 11.2. The van der Waals surface area contributed by atoms with E-state index in [-0.39, 0.29) is 76.9 Å². The lowest BCUT2D eigenvalue weighted by Gasteiger charge is -2.65. The Hall–Kier alpha value is -1.75. The fourth-order valence-corrected chi connectivity index (χ4v) is 11.2. The highest BCUT2D eigenvalue weighted by molar-refractivity contribution is 5.67. The second-order valence-corrected chi connectivity index (χ2v) is 16.2. The quantitative estimate of drug-likeness (QED) is 0.248. The molecule has 0 radical (unpaired) electrons. The molecule has 0 aromatic carbocycles. The first-order valence-electron chi connectivity index (χ1n) is 17.5. The lowest BCUT2D eigenvalue weighted by molar-refractivity contribution is -0.665. The number of fused-ring (bicyclic) bond motifs is 5. The third-order valence-electron chi connectivity index (χ3n) is 13.7. The number of carboxylic acids is 1. The Kier molecular flexibility index (Phi) is 8.88. The molecule has 254 valence electrons. The van der Waals surface area contributed by atoms with Crippen molar-refractivity contribution in [2.45, 2.75) is 149 Å². The summed E-state index contributed by atoms with van der Waals surface area (Å²) in [7, 11) is 0. The molecule has 10 atom stereocenters. The number of aliphatic carboxylic acids is 1. The van der Waals surface area contributed by atoms with Crippen molar-refractivity contribution in [1.29, 1.82) is 0 Å². The van der Waals surface area contributed by atoms with Crippen molar-refractivity contribution in [3.8, 4) is 0 Å². The molecule has 0 amide bonds. The third-order valence-corrected chi connectivity index (χ3v) is 13.7. The number of hydrogen-bond donors (Lipinski definition) is 1. The number of esters is 2. The molecule has 10 heteroatoms. The molecule has 2 spiro atoms. The molecule has 6 fully saturated rings. The Balaban J connectivity index is 1.28. The van der Waals surface area contributed by atoms with Gasteiger partial charge in [-0.2, -0.15) is 19.6 Å². The summed E-state index contributed by atoms with van der Waals surface area (Å²) in [5, 5.41) is 9.40. The van der Waals surface area contributed by atoms with Crippen LogP contribution in [0.4, 0.5) is 0 Å². The maximum atomic E-state index is 12.6. The molecule has 5 aliphatic carbocycles. The minimum Gasteiger partial charge on any atom is -0.481 e. The van der Waals surface area contributed by atoms with Gasteiger partial charge in [0.1, 0.15) is 12.2 Å². The zero-order valence-corrected chi connectivity index (χ0v) is 28.0. The van der Waals surface area contributed by atoms with Gasteiger partial charge in [-0.1, -0.05) is 27.7 Å². The minimum absolute atomic E-state index is 0.110. The summed E-state index contributed by atoms with van der Waals surface area (Å²) in [5.74, 6) is -1.66. The van der Waals surface area contributed by atoms with Crippen LogP contribution in [0, 0.1) is 52.3 Å². The van der Waals surface area contributed by atoms with E-state index in [1.165, 1.54) is 13.8 Å². The summed E-state index contributed by atoms with van der Waals surface area (Å²) in [6, 6.07) is 0. The van der Waals surface area contributed by atoms with Crippen LogP contribution in [0.1, 0.15) is 125 Å². The van der Waals surface area contributed by atoms with Crippen LogP contribution in [0.2, 0.25) is 0 Å². The predicted octanol–water partition coefficient (Wildman–Crippen LogP) is 6.74. The largest absolute Gasteiger partial charge is 0.481 e. The first-order valence-corrected chi connectivity index (χ1v) is 17.5. The number of carboxylic acid groups (broad SMARTS) is 1. The van der Waals surface area contributed by atoms with Gasteiger partial charge in [0.15, 0.2) is 0 Å². The molecule has 1 saturated heterocycles. The first kappa shape index (κ1) is 33.2. The van der Waals surface area contributed by atoms with Gasteiger partial charge in [-0.05, 0) is 92.3 Å². The molecule has 0 aromatic heterocycles. The van der Waals surface area contributed by atoms with Crippen LogP contribution >= 0.6 is 0 Å². The summed E-state index contributed by atoms with van der Waals surface area (Å²) >= 11 is 0. The van der Waals surface area contributed by atoms with E-state index >= 15 is 0 Å². The molecule has 45 heavy (non-hydrogen) atoms. The van der Waals surface area contributed by atoms with Gasteiger partial charge in [0.2, 0.25) is 11.6 Å². The summed E-state index contributed by atoms with van der Waals surface area (Å²) in [4.78, 5) is 61.0. The number of hydrogen-bond acceptors (Lipinski definition) is 9. The summed E-state index contributed by atoms with van der Waals surface area (Å²) < 4.78 is 12.4. The number of carbonyl (C=O) groups is 3. The van der Waals surface area contributed by atoms with Crippen molar-refractivity contribution >= 4 is 17.9 Å². The Morgan fingerprint density at radius 2 is 1.49 bits per heavy atom. The maximum Gasteiger partial charge on any atom is 0.303 e. The minimum atomic E-state index is -1.01. The molecular weight excluding hydrogens is 580 g/mol. The zero-order valence-electron chi connectivity index (χ0n) is 28.0. The van der Waals surface area contributed by atoms with Gasteiger partial charge in [-0.15, -0.1) is 0 Å². The molecule has 0 bridgehead atoms. The SMILES string of the molecule is CC(=O)O[C@H]1C[C@H]2[C@@H]([C@H](OC(C)=O)C[C@@H]3CC4(CC[C@@]32C)OOC2(CCC(C)CC2)OO4)[C@@H]2CC[C@H]([C@H](C)CCC(=O)O)[C@@]12C. The molecule has 10 nitrogen and oxygen atoms in total. The lowest BCUT2D eigenvalue weighted by Crippen LogP contribution is -2.65. The highest BCUT2D eigenvalue weighted by Gasteiger charge is 2.69. The van der Waals surface area contributed by atoms with Crippen LogP contribution < -0.4 is 0 Å². The summed E-state index contributed by atoms with van der Waals surface area (Å²) in [6.45, 7) is 12.0. The molecule has 1 heterocycles. The van der Waals surface area contributed by atoms with E-state index in [2.05, 4.69) is 27.7 Å². The van der Waals surface area contributed by atoms with Crippen molar-refractivity contribution < 1.29 is 48.5 Å². The molecule has 1 N–H and O–H groups in total. The summed E-state index contributed by atoms with van der Waals surface area (Å²) in [6.07, 6.45) is 8.84. The van der Waals surface area contributed by atoms with Crippen molar-refractivity contribution in [3.05, 3.63) is 0 Å². The Bertz CT molecular complexity index is 1140.